The summed E-state index contributed by atoms with van der Waals surface area (Å²) in [5.41, 5.74) is 0. The van der Waals surface area contributed by atoms with Crippen LogP contribution in [-0.2, 0) is 0 Å². The molecule has 21 heavy (non-hydrogen) atoms. The number of hydrogen-bond donors (Lipinski definition) is 0. The van der Waals surface area contributed by atoms with Gasteiger partial charge in [0.2, 0.25) is 0 Å². The van der Waals surface area contributed by atoms with Crippen LogP contribution in [0.25, 0.3) is 0 Å². The lowest BCUT2D eigenvalue weighted by Crippen LogP contribution is -2.12. The van der Waals surface area contributed by atoms with Crippen molar-refractivity contribution in [2.45, 2.75) is 51.4 Å². The molecule has 0 aliphatic heterocycles. The predicted molar refractivity (Wildman–Crippen MR) is 92.4 cm³/mol. The van der Waals surface area contributed by atoms with Gasteiger partial charge in [-0.15, -0.1) is 0 Å². The van der Waals surface area contributed by atoms with Gasteiger partial charge in [0.15, 0.2) is 0 Å². The molecule has 0 aromatic rings. The van der Waals surface area contributed by atoms with Crippen LogP contribution in [0.15, 0.2) is 0 Å². The maximum absolute atomic E-state index is 7.59. The van der Waals surface area contributed by atoms with Gasteiger partial charge in [0.25, 0.3) is 0 Å². The van der Waals surface area contributed by atoms with E-state index in [1.54, 1.807) is 11.9 Å². The van der Waals surface area contributed by atoms with Crippen molar-refractivity contribution in [3.05, 3.63) is 0 Å². The van der Waals surface area contributed by atoms with Gasteiger partial charge in [-0.2, -0.15) is 0 Å². The summed E-state index contributed by atoms with van der Waals surface area (Å²) in [6, 6.07) is 0. The molecule has 0 rings (SSSR count). The summed E-state index contributed by atoms with van der Waals surface area (Å²) >= 11 is 0. The zero-order valence-electron chi connectivity index (χ0n) is 14.6. The van der Waals surface area contributed by atoms with E-state index in [9.17, 15) is 0 Å². The minimum absolute atomic E-state index is 0. The maximum Gasteiger partial charge on any atom is 0.370 e. The highest BCUT2D eigenvalue weighted by atomic mass is 15.0. The normalized spacial score (nSPS) is 9.71. The zero-order valence-corrected chi connectivity index (χ0v) is 14.6. The molecule has 0 aliphatic carbocycles. The van der Waals surface area contributed by atoms with Crippen molar-refractivity contribution < 1.29 is 0 Å². The number of nitrogens with zero attached hydrogens (tertiary/aromatic N) is 4. The fourth-order valence-corrected chi connectivity index (χ4v) is 1.95. The molecule has 0 bridgehead atoms. The van der Waals surface area contributed by atoms with Gasteiger partial charge in [0, 0.05) is 11.9 Å². The Kier molecular flexibility index (Phi) is 20.1. The van der Waals surface area contributed by atoms with Crippen LogP contribution < -0.4 is 0 Å². The first kappa shape index (κ1) is 22.2. The first-order valence-electron chi connectivity index (χ1n) is 8.08. The Hall–Kier alpha value is -1.04. The van der Waals surface area contributed by atoms with Crippen LogP contribution in [0, 0.1) is 22.5 Å². The average molecular weight is 292 g/mol. The first-order chi connectivity index (χ1) is 10.0. The van der Waals surface area contributed by atoms with Gasteiger partial charge in [0.05, 0.1) is 0 Å². The molecule has 4 nitrogen and oxygen atoms in total. The Bertz CT molecular complexity index is 251. The van der Waals surface area contributed by atoms with E-state index in [2.05, 4.69) is 38.0 Å². The van der Waals surface area contributed by atoms with E-state index < -0.39 is 0 Å². The number of unbranched alkanes of at least 4 members (excludes halogenated alkanes) is 7. The Morgan fingerprint density at radius 2 is 0.905 bits per heavy atom. The van der Waals surface area contributed by atoms with Crippen molar-refractivity contribution in [1.82, 2.24) is 9.80 Å². The van der Waals surface area contributed by atoms with Gasteiger partial charge >= 0.3 is 7.28 Å². The molecule has 0 atom stereocenters. The van der Waals surface area contributed by atoms with Crippen molar-refractivity contribution in [3.8, 4) is 11.9 Å². The SMILES string of the molecule is CN(C)CCCCCCCCCCN(C)C.N#CBC#N. The third kappa shape index (κ3) is 28.0. The van der Waals surface area contributed by atoms with Gasteiger partial charge in [0.1, 0.15) is 0 Å². The third-order valence-electron chi connectivity index (χ3n) is 3.12. The minimum Gasteiger partial charge on any atom is -0.309 e. The molecule has 0 saturated carbocycles. The van der Waals surface area contributed by atoms with Crippen LogP contribution in [0.5, 0.6) is 0 Å². The molecule has 0 fully saturated rings. The van der Waals surface area contributed by atoms with Crippen LogP contribution >= 0.6 is 0 Å². The molecule has 0 unspecified atom stereocenters. The molecule has 0 aromatic carbocycles. The van der Waals surface area contributed by atoms with E-state index in [0.717, 1.165) is 0 Å². The van der Waals surface area contributed by atoms with Crippen LogP contribution in [0.3, 0.4) is 0 Å². The molecule has 0 aliphatic rings. The second kappa shape index (κ2) is 19.0. The Balaban J connectivity index is 0. The van der Waals surface area contributed by atoms with Crippen LogP contribution in [-0.4, -0.2) is 58.4 Å². The Morgan fingerprint density at radius 1 is 0.619 bits per heavy atom. The highest BCUT2D eigenvalue weighted by molar-refractivity contribution is 6.53. The molecule has 0 heterocycles. The van der Waals surface area contributed by atoms with E-state index in [0.29, 0.717) is 0 Å². The predicted octanol–water partition coefficient (Wildman–Crippen LogP) is 2.62. The van der Waals surface area contributed by atoms with Crippen LogP contribution in [0.1, 0.15) is 51.4 Å². The van der Waals surface area contributed by atoms with Crippen molar-refractivity contribution >= 4 is 7.28 Å². The van der Waals surface area contributed by atoms with Gasteiger partial charge in [-0.3, -0.25) is 0 Å². The molecule has 5 heteroatoms. The summed E-state index contributed by atoms with van der Waals surface area (Å²) in [5, 5.41) is 15.2. The highest BCUT2D eigenvalue weighted by Crippen LogP contribution is 2.08. The van der Waals surface area contributed by atoms with Crippen LogP contribution in [0.4, 0.5) is 0 Å². The van der Waals surface area contributed by atoms with Gasteiger partial charge < -0.3 is 9.80 Å². The molecular weight excluding hydrogens is 259 g/mol. The molecule has 0 N–H and O–H groups in total. The first-order valence-corrected chi connectivity index (χ1v) is 8.08. The van der Waals surface area contributed by atoms with Gasteiger partial charge in [-0.25, -0.2) is 10.5 Å². The maximum atomic E-state index is 7.59. The average Bonchev–Trinajstić information content (AvgIpc) is 2.42. The smallest absolute Gasteiger partial charge is 0.309 e. The summed E-state index contributed by atoms with van der Waals surface area (Å²) in [6.45, 7) is 2.51. The zero-order chi connectivity index (χ0) is 16.3. The lowest BCUT2D eigenvalue weighted by Gasteiger charge is -2.09. The quantitative estimate of drug-likeness (QED) is 0.434. The Labute approximate surface area is 133 Å². The summed E-state index contributed by atoms with van der Waals surface area (Å²) < 4.78 is 0. The van der Waals surface area contributed by atoms with Crippen molar-refractivity contribution in [1.29, 1.82) is 10.5 Å². The molecular formula is C16H33BN4. The summed E-state index contributed by atoms with van der Waals surface area (Å²) in [5.74, 6) is 3.31. The summed E-state index contributed by atoms with van der Waals surface area (Å²) in [4.78, 5) is 4.56. The number of nitriles is 2. The molecule has 0 aromatic heterocycles. The number of hydrogen-bond acceptors (Lipinski definition) is 4. The van der Waals surface area contributed by atoms with E-state index in [4.69, 9.17) is 10.5 Å². The topological polar surface area (TPSA) is 54.1 Å². The van der Waals surface area contributed by atoms with E-state index in [1.807, 2.05) is 0 Å². The second-order valence-electron chi connectivity index (χ2n) is 5.93. The van der Waals surface area contributed by atoms with Crippen LogP contribution in [0.2, 0.25) is 0 Å². The summed E-state index contributed by atoms with van der Waals surface area (Å²) in [7, 11) is 8.63. The fourth-order valence-electron chi connectivity index (χ4n) is 1.95. The van der Waals surface area contributed by atoms with E-state index in [1.165, 1.54) is 64.5 Å². The summed E-state index contributed by atoms with van der Waals surface area (Å²) in [6.07, 6.45) is 11.3. The van der Waals surface area contributed by atoms with Gasteiger partial charge in [-0.05, 0) is 54.1 Å². The molecule has 120 valence electrons. The monoisotopic (exact) mass is 292 g/mol. The third-order valence-corrected chi connectivity index (χ3v) is 3.12. The second-order valence-corrected chi connectivity index (χ2v) is 5.93. The largest absolute Gasteiger partial charge is 0.370 e. The lowest BCUT2D eigenvalue weighted by atomic mass is 9.85. The minimum atomic E-state index is 0. The fraction of sp³-hybridized carbons (Fsp3) is 0.875. The van der Waals surface area contributed by atoms with Crippen molar-refractivity contribution in [3.63, 3.8) is 0 Å². The highest BCUT2D eigenvalue weighted by Gasteiger charge is 1.94. The molecule has 0 amide bonds. The van der Waals surface area contributed by atoms with E-state index >= 15 is 0 Å². The Morgan fingerprint density at radius 3 is 1.10 bits per heavy atom. The standard InChI is InChI=1S/C14H32N2.C2HBN2/c1-15(2)13-11-9-7-5-6-8-10-12-14-16(3)4;4-1-3-2-5/h5-14H2,1-4H3;3H. The van der Waals surface area contributed by atoms with Crippen molar-refractivity contribution in [2.75, 3.05) is 41.3 Å². The molecule has 0 saturated heterocycles. The number of rotatable bonds is 11. The van der Waals surface area contributed by atoms with Gasteiger partial charge in [-0.1, -0.05) is 38.5 Å². The molecule has 0 radical (unpaired) electrons. The van der Waals surface area contributed by atoms with Crippen molar-refractivity contribution in [2.24, 2.45) is 0 Å². The van der Waals surface area contributed by atoms with E-state index in [-0.39, 0.29) is 7.28 Å². The molecule has 0 spiro atoms. The lowest BCUT2D eigenvalue weighted by molar-refractivity contribution is 0.384.